The minimum Gasteiger partial charge on any atom is -0.381 e. The molecule has 0 radical (unpaired) electrons. The third-order valence-electron chi connectivity index (χ3n) is 5.95. The molecule has 3 N–H and O–H groups in total. The van der Waals surface area contributed by atoms with Crippen molar-refractivity contribution in [1.82, 2.24) is 9.88 Å². The Morgan fingerprint density at radius 1 is 1.31 bits per heavy atom. The summed E-state index contributed by atoms with van der Waals surface area (Å²) in [4.78, 5) is 19.1. The van der Waals surface area contributed by atoms with Crippen LogP contribution in [0.1, 0.15) is 68.1 Å². The van der Waals surface area contributed by atoms with Gasteiger partial charge in [-0.1, -0.05) is 32.9 Å². The number of nitrogens with one attached hydrogen (secondary N) is 1. The molecule has 0 aromatic carbocycles. The van der Waals surface area contributed by atoms with E-state index in [4.69, 9.17) is 5.73 Å². The summed E-state index contributed by atoms with van der Waals surface area (Å²) in [6.45, 7) is 8.13. The minimum atomic E-state index is -0.406. The number of carbonyl (C=O) groups is 1. The van der Waals surface area contributed by atoms with E-state index < -0.39 is 5.91 Å². The number of rotatable bonds is 4. The zero-order valence-electron chi connectivity index (χ0n) is 16.1. The number of pyridine rings is 1. The van der Waals surface area contributed by atoms with E-state index in [2.05, 4.69) is 48.1 Å². The first-order chi connectivity index (χ1) is 12.3. The first-order valence-corrected chi connectivity index (χ1v) is 9.82. The maximum Gasteiger partial charge on any atom is 0.252 e. The lowest BCUT2D eigenvalue weighted by Gasteiger charge is -2.42. The molecular formula is C21H30N4O. The standard InChI is InChI=1S/C21H30N4O/c1-21(2,3)12-25-14-7-8-15(25)10-13(9-14)24-19-16-5-4-6-18(16)23-11-17(19)20(22)26/h4-5,11,13-15H,6-10,12H2,1-3H3,(H2,22,26)(H,23,24)/t14-,15-/m0/s1. The Hall–Kier alpha value is -1.88. The van der Waals surface area contributed by atoms with Gasteiger partial charge in [0.15, 0.2) is 0 Å². The van der Waals surface area contributed by atoms with Gasteiger partial charge in [0.1, 0.15) is 0 Å². The normalized spacial score (nSPS) is 27.6. The van der Waals surface area contributed by atoms with Crippen molar-refractivity contribution in [2.24, 2.45) is 11.1 Å². The van der Waals surface area contributed by atoms with Gasteiger partial charge in [-0.25, -0.2) is 0 Å². The van der Waals surface area contributed by atoms with E-state index in [-0.39, 0.29) is 0 Å². The van der Waals surface area contributed by atoms with Crippen LogP contribution in [0.15, 0.2) is 12.3 Å². The third-order valence-corrected chi connectivity index (χ3v) is 5.95. The van der Waals surface area contributed by atoms with Crippen molar-refractivity contribution in [2.45, 2.75) is 71.0 Å². The number of amides is 1. The van der Waals surface area contributed by atoms with Crippen LogP contribution in [0.5, 0.6) is 0 Å². The Kier molecular flexibility index (Phi) is 4.30. The van der Waals surface area contributed by atoms with E-state index in [1.165, 1.54) is 12.8 Å². The van der Waals surface area contributed by atoms with Crippen LogP contribution in [0, 0.1) is 5.41 Å². The molecule has 1 aliphatic carbocycles. The summed E-state index contributed by atoms with van der Waals surface area (Å²) in [6.07, 6.45) is 11.5. The van der Waals surface area contributed by atoms with Gasteiger partial charge in [-0.2, -0.15) is 0 Å². The van der Waals surface area contributed by atoms with E-state index >= 15 is 0 Å². The highest BCUT2D eigenvalue weighted by molar-refractivity contribution is 6.00. The van der Waals surface area contributed by atoms with Crippen LogP contribution >= 0.6 is 0 Å². The number of fused-ring (bicyclic) bond motifs is 3. The second kappa shape index (κ2) is 6.38. The van der Waals surface area contributed by atoms with Gasteiger partial charge in [0.25, 0.3) is 5.91 Å². The molecule has 3 heterocycles. The molecule has 0 saturated carbocycles. The summed E-state index contributed by atoms with van der Waals surface area (Å²) in [5, 5.41) is 3.70. The smallest absolute Gasteiger partial charge is 0.252 e. The van der Waals surface area contributed by atoms with Gasteiger partial charge in [0.2, 0.25) is 0 Å². The minimum absolute atomic E-state index is 0.330. The second-order valence-electron chi connectivity index (χ2n) is 9.31. The van der Waals surface area contributed by atoms with Crippen LogP contribution in [0.3, 0.4) is 0 Å². The Morgan fingerprint density at radius 3 is 2.62 bits per heavy atom. The molecule has 140 valence electrons. The van der Waals surface area contributed by atoms with Gasteiger partial charge < -0.3 is 11.1 Å². The van der Waals surface area contributed by atoms with E-state index in [0.29, 0.717) is 29.1 Å². The number of primary amides is 1. The molecule has 2 saturated heterocycles. The van der Waals surface area contributed by atoms with Crippen LogP contribution in [-0.2, 0) is 6.42 Å². The lowest BCUT2D eigenvalue weighted by Crippen LogP contribution is -2.49. The number of anilines is 1. The lowest BCUT2D eigenvalue weighted by molar-refractivity contribution is 0.0905. The van der Waals surface area contributed by atoms with Gasteiger partial charge in [-0.05, 0) is 31.1 Å². The maximum atomic E-state index is 11.9. The second-order valence-corrected chi connectivity index (χ2v) is 9.31. The molecule has 5 nitrogen and oxygen atoms in total. The molecular weight excluding hydrogens is 324 g/mol. The summed E-state index contributed by atoms with van der Waals surface area (Å²) in [7, 11) is 0. The summed E-state index contributed by atoms with van der Waals surface area (Å²) in [5.41, 5.74) is 9.44. The van der Waals surface area contributed by atoms with Crippen LogP contribution < -0.4 is 11.1 Å². The molecule has 0 unspecified atom stereocenters. The third kappa shape index (κ3) is 3.25. The van der Waals surface area contributed by atoms with Crippen molar-refractivity contribution >= 4 is 17.7 Å². The molecule has 2 fully saturated rings. The Labute approximate surface area is 156 Å². The quantitative estimate of drug-likeness (QED) is 0.871. The summed E-state index contributed by atoms with van der Waals surface area (Å²) in [5.74, 6) is -0.406. The highest BCUT2D eigenvalue weighted by atomic mass is 16.1. The number of hydrogen-bond acceptors (Lipinski definition) is 4. The molecule has 2 bridgehead atoms. The molecule has 0 spiro atoms. The molecule has 5 heteroatoms. The SMILES string of the molecule is CC(C)(C)CN1[C@H]2CC[C@H]1CC(Nc1c(C(N)=O)cnc3c1C=CC3)C2. The Bertz CT molecular complexity index is 735. The summed E-state index contributed by atoms with van der Waals surface area (Å²) >= 11 is 0. The van der Waals surface area contributed by atoms with Crippen LogP contribution in [0.4, 0.5) is 5.69 Å². The lowest BCUT2D eigenvalue weighted by atomic mass is 9.90. The van der Waals surface area contributed by atoms with Crippen molar-refractivity contribution in [2.75, 3.05) is 11.9 Å². The highest BCUT2D eigenvalue weighted by Gasteiger charge is 2.42. The number of nitrogens with two attached hydrogens (primary N) is 1. The van der Waals surface area contributed by atoms with E-state index in [1.54, 1.807) is 6.20 Å². The molecule has 3 aliphatic rings. The van der Waals surface area contributed by atoms with Gasteiger partial charge in [0.05, 0.1) is 16.9 Å². The molecule has 1 aromatic heterocycles. The Morgan fingerprint density at radius 2 is 2.00 bits per heavy atom. The van der Waals surface area contributed by atoms with Gasteiger partial charge in [-0.3, -0.25) is 14.7 Å². The predicted octanol–water partition coefficient (Wildman–Crippen LogP) is 3.20. The number of allylic oxidation sites excluding steroid dienone is 1. The van der Waals surface area contributed by atoms with Crippen LogP contribution in [-0.4, -0.2) is 40.5 Å². The molecule has 2 aliphatic heterocycles. The zero-order chi connectivity index (χ0) is 18.5. The molecule has 4 rings (SSSR count). The number of carbonyl (C=O) groups excluding carboxylic acids is 1. The van der Waals surface area contributed by atoms with E-state index in [9.17, 15) is 4.79 Å². The first kappa shape index (κ1) is 17.5. The number of piperidine rings is 1. The average molecular weight is 354 g/mol. The zero-order valence-corrected chi connectivity index (χ0v) is 16.1. The van der Waals surface area contributed by atoms with Gasteiger partial charge >= 0.3 is 0 Å². The van der Waals surface area contributed by atoms with Crippen molar-refractivity contribution in [3.05, 3.63) is 29.1 Å². The fraction of sp³-hybridized carbons (Fsp3) is 0.619. The van der Waals surface area contributed by atoms with Crippen molar-refractivity contribution in [1.29, 1.82) is 0 Å². The fourth-order valence-electron chi connectivity index (χ4n) is 4.94. The molecule has 26 heavy (non-hydrogen) atoms. The summed E-state index contributed by atoms with van der Waals surface area (Å²) < 4.78 is 0. The fourth-order valence-corrected chi connectivity index (χ4v) is 4.94. The monoisotopic (exact) mass is 354 g/mol. The molecule has 1 aromatic rings. The van der Waals surface area contributed by atoms with E-state index in [1.807, 2.05) is 0 Å². The van der Waals surface area contributed by atoms with Gasteiger partial charge in [-0.15, -0.1) is 0 Å². The maximum absolute atomic E-state index is 11.9. The van der Waals surface area contributed by atoms with Crippen LogP contribution in [0.25, 0.3) is 6.08 Å². The van der Waals surface area contributed by atoms with Crippen LogP contribution in [0.2, 0.25) is 0 Å². The number of aromatic nitrogens is 1. The van der Waals surface area contributed by atoms with Crippen molar-refractivity contribution in [3.8, 4) is 0 Å². The molecule has 1 amide bonds. The predicted molar refractivity (Wildman–Crippen MR) is 105 cm³/mol. The largest absolute Gasteiger partial charge is 0.381 e. The average Bonchev–Trinajstić information content (AvgIpc) is 3.09. The van der Waals surface area contributed by atoms with Crippen molar-refractivity contribution < 1.29 is 4.79 Å². The Balaban J connectivity index is 1.55. The summed E-state index contributed by atoms with van der Waals surface area (Å²) in [6, 6.07) is 1.68. The first-order valence-electron chi connectivity index (χ1n) is 9.82. The number of nitrogens with zero attached hydrogens (tertiary/aromatic N) is 2. The molecule has 2 atom stereocenters. The van der Waals surface area contributed by atoms with Crippen molar-refractivity contribution in [3.63, 3.8) is 0 Å². The highest BCUT2D eigenvalue weighted by Crippen LogP contribution is 2.40. The topological polar surface area (TPSA) is 71.2 Å². The number of hydrogen-bond donors (Lipinski definition) is 2. The van der Waals surface area contributed by atoms with Gasteiger partial charge in [0, 0.05) is 42.9 Å². The van der Waals surface area contributed by atoms with E-state index in [0.717, 1.165) is 42.8 Å².